The van der Waals surface area contributed by atoms with Crippen molar-refractivity contribution in [2.24, 2.45) is 0 Å². The van der Waals surface area contributed by atoms with E-state index in [1.807, 2.05) is 13.0 Å². The predicted octanol–water partition coefficient (Wildman–Crippen LogP) is 5.41. The number of aromatic nitrogens is 2. The molecule has 0 radical (unpaired) electrons. The van der Waals surface area contributed by atoms with Crippen molar-refractivity contribution in [1.82, 2.24) is 15.1 Å². The number of hydrogen-bond donors (Lipinski definition) is 1. The van der Waals surface area contributed by atoms with Gasteiger partial charge in [0.05, 0.1) is 24.9 Å². The van der Waals surface area contributed by atoms with Gasteiger partial charge in [-0.25, -0.2) is 13.6 Å². The van der Waals surface area contributed by atoms with Crippen molar-refractivity contribution >= 4 is 6.09 Å². The Morgan fingerprint density at radius 2 is 1.94 bits per heavy atom. The summed E-state index contributed by atoms with van der Waals surface area (Å²) in [6, 6.07) is 10.3. The number of nitrogens with zero attached hydrogens (tertiary/aromatic N) is 2. The number of piperidine rings is 1. The summed E-state index contributed by atoms with van der Waals surface area (Å²) in [6.07, 6.45) is 4.25. The van der Waals surface area contributed by atoms with Crippen LogP contribution in [0.1, 0.15) is 67.2 Å². The first-order valence-electron chi connectivity index (χ1n) is 11.9. The maximum Gasteiger partial charge on any atom is 0.410 e. The molecule has 1 N–H and O–H groups in total. The highest BCUT2D eigenvalue weighted by Crippen LogP contribution is 2.37. The third-order valence-corrected chi connectivity index (χ3v) is 7.03. The molecule has 2 heterocycles. The zero-order valence-corrected chi connectivity index (χ0v) is 19.1. The van der Waals surface area contributed by atoms with Crippen molar-refractivity contribution in [2.45, 2.75) is 75.9 Å². The molecule has 1 aliphatic heterocycles. The average molecular weight is 462 g/mol. The van der Waals surface area contributed by atoms with E-state index in [4.69, 9.17) is 9.47 Å². The van der Waals surface area contributed by atoms with E-state index < -0.39 is 19.1 Å². The van der Waals surface area contributed by atoms with Crippen molar-refractivity contribution in [3.63, 3.8) is 0 Å². The lowest BCUT2D eigenvalue weighted by Crippen LogP contribution is -2.51. The minimum absolute atomic E-state index is 0.000933. The van der Waals surface area contributed by atoms with Crippen molar-refractivity contribution in [1.29, 1.82) is 0 Å². The number of aryl methyl sites for hydroxylation is 1. The molecule has 8 heteroatoms. The maximum atomic E-state index is 12.7. The molecule has 0 unspecified atom stereocenters. The number of carbonyl (C=O) groups is 1. The first-order valence-corrected chi connectivity index (χ1v) is 11.9. The van der Waals surface area contributed by atoms with Gasteiger partial charge in [-0.1, -0.05) is 30.3 Å². The van der Waals surface area contributed by atoms with E-state index in [0.29, 0.717) is 19.1 Å². The lowest BCUT2D eigenvalue weighted by atomic mass is 9.82. The van der Waals surface area contributed by atoms with Gasteiger partial charge in [0.2, 0.25) is 0 Å². The third kappa shape index (κ3) is 5.91. The number of benzene rings is 1. The van der Waals surface area contributed by atoms with E-state index in [2.05, 4.69) is 34.5 Å². The zero-order chi connectivity index (χ0) is 23.2. The van der Waals surface area contributed by atoms with Crippen LogP contribution in [0.25, 0.3) is 0 Å². The fourth-order valence-electron chi connectivity index (χ4n) is 5.30. The van der Waals surface area contributed by atoms with Crippen LogP contribution >= 0.6 is 0 Å². The Balaban J connectivity index is 1.40. The molecule has 2 aromatic rings. The van der Waals surface area contributed by atoms with Crippen LogP contribution < -0.4 is 0 Å². The normalized spacial score (nSPS) is 25.9. The summed E-state index contributed by atoms with van der Waals surface area (Å²) in [5.74, 6) is 0.558. The molecule has 1 aromatic heterocycles. The van der Waals surface area contributed by atoms with Crippen molar-refractivity contribution in [2.75, 3.05) is 19.8 Å². The largest absolute Gasteiger partial charge is 0.443 e. The van der Waals surface area contributed by atoms with Crippen LogP contribution in [0.2, 0.25) is 0 Å². The molecule has 1 saturated carbocycles. The molecule has 6 nitrogen and oxygen atoms in total. The fraction of sp³-hybridized carbons (Fsp3) is 0.600. The summed E-state index contributed by atoms with van der Waals surface area (Å²) >= 11 is 0. The van der Waals surface area contributed by atoms with E-state index in [9.17, 15) is 13.6 Å². The standard InChI is InChI=1S/C25H33F2N3O3/c1-17-14-28-29-24(17)21-8-5-13-30(25(31)33-16-23(26)27)22(21)15-32-20-11-9-19(10-12-20)18-6-3-2-4-7-18/h2-4,6-7,14,19-23H,5,8-13,15-16H2,1H3,(H,28,29)/t19-,20+,21-,22-/m0/s1. The number of rotatable bonds is 7. The Bertz CT molecular complexity index is 884. The third-order valence-electron chi connectivity index (χ3n) is 7.03. The Labute approximate surface area is 193 Å². The molecule has 2 fully saturated rings. The number of likely N-dealkylation sites (tertiary alicyclic amines) is 1. The van der Waals surface area contributed by atoms with Crippen LogP contribution in [0.3, 0.4) is 0 Å². The van der Waals surface area contributed by atoms with E-state index in [0.717, 1.165) is 49.8 Å². The first kappa shape index (κ1) is 23.7. The molecular formula is C25H33F2N3O3. The molecule has 180 valence electrons. The maximum absolute atomic E-state index is 12.7. The van der Waals surface area contributed by atoms with Crippen LogP contribution in [0.4, 0.5) is 13.6 Å². The number of nitrogens with one attached hydrogen (secondary N) is 1. The molecule has 1 saturated heterocycles. The number of carbonyl (C=O) groups excluding carboxylic acids is 1. The number of alkyl halides is 2. The van der Waals surface area contributed by atoms with Gasteiger partial charge < -0.3 is 14.4 Å². The van der Waals surface area contributed by atoms with Crippen LogP contribution in [0.5, 0.6) is 0 Å². The highest BCUT2D eigenvalue weighted by molar-refractivity contribution is 5.68. The highest BCUT2D eigenvalue weighted by atomic mass is 19.3. The summed E-state index contributed by atoms with van der Waals surface area (Å²) in [6.45, 7) is 1.92. The van der Waals surface area contributed by atoms with Crippen LogP contribution in [-0.2, 0) is 9.47 Å². The number of aromatic amines is 1. The van der Waals surface area contributed by atoms with Crippen LogP contribution in [0.15, 0.2) is 36.5 Å². The van der Waals surface area contributed by atoms with Gasteiger partial charge >= 0.3 is 6.09 Å². The Morgan fingerprint density at radius 1 is 1.18 bits per heavy atom. The monoisotopic (exact) mass is 461 g/mol. The summed E-state index contributed by atoms with van der Waals surface area (Å²) in [5.41, 5.74) is 3.38. The molecule has 2 atom stereocenters. The quantitative estimate of drug-likeness (QED) is 0.599. The number of amides is 1. The number of H-pyrrole nitrogens is 1. The SMILES string of the molecule is Cc1cn[nH]c1[C@H]1CCCN(C(=O)OCC(F)F)[C@H]1CO[C@H]1CC[C@@H](c2ccccc2)CC1. The Kier molecular flexibility index (Phi) is 7.96. The van der Waals surface area contributed by atoms with Crippen molar-refractivity contribution < 1.29 is 23.0 Å². The molecule has 0 spiro atoms. The van der Waals surface area contributed by atoms with Gasteiger partial charge in [0.25, 0.3) is 6.43 Å². The second kappa shape index (κ2) is 11.1. The average Bonchev–Trinajstić information content (AvgIpc) is 3.27. The van der Waals surface area contributed by atoms with E-state index in [1.165, 1.54) is 5.56 Å². The molecule has 4 rings (SSSR count). The molecule has 1 aromatic carbocycles. The summed E-state index contributed by atoms with van der Waals surface area (Å²) in [7, 11) is 0. The topological polar surface area (TPSA) is 67.5 Å². The number of hydrogen-bond acceptors (Lipinski definition) is 4. The molecule has 1 amide bonds. The van der Waals surface area contributed by atoms with Gasteiger partial charge in [-0.3, -0.25) is 5.10 Å². The smallest absolute Gasteiger partial charge is 0.410 e. The van der Waals surface area contributed by atoms with Gasteiger partial charge in [0, 0.05) is 18.2 Å². The molecule has 1 aliphatic carbocycles. The van der Waals surface area contributed by atoms with E-state index in [-0.39, 0.29) is 18.1 Å². The summed E-state index contributed by atoms with van der Waals surface area (Å²) < 4.78 is 36.5. The van der Waals surface area contributed by atoms with Gasteiger partial charge in [-0.15, -0.1) is 0 Å². The van der Waals surface area contributed by atoms with E-state index >= 15 is 0 Å². The lowest BCUT2D eigenvalue weighted by molar-refractivity contribution is -0.0323. The number of ether oxygens (including phenoxy) is 2. The van der Waals surface area contributed by atoms with Crippen LogP contribution in [-0.4, -0.2) is 59.5 Å². The van der Waals surface area contributed by atoms with Gasteiger partial charge in [0.15, 0.2) is 6.61 Å². The van der Waals surface area contributed by atoms with Crippen molar-refractivity contribution in [3.05, 3.63) is 53.3 Å². The van der Waals surface area contributed by atoms with Gasteiger partial charge in [-0.2, -0.15) is 5.10 Å². The minimum atomic E-state index is -2.68. The molecular weight excluding hydrogens is 428 g/mol. The number of halogens is 2. The highest BCUT2D eigenvalue weighted by Gasteiger charge is 2.38. The fourth-order valence-corrected chi connectivity index (χ4v) is 5.30. The second-order valence-corrected chi connectivity index (χ2v) is 9.16. The van der Waals surface area contributed by atoms with Gasteiger partial charge in [-0.05, 0) is 62.5 Å². The Morgan fingerprint density at radius 3 is 2.61 bits per heavy atom. The van der Waals surface area contributed by atoms with Crippen LogP contribution in [0, 0.1) is 6.92 Å². The predicted molar refractivity (Wildman–Crippen MR) is 121 cm³/mol. The van der Waals surface area contributed by atoms with Gasteiger partial charge in [0.1, 0.15) is 0 Å². The summed E-state index contributed by atoms with van der Waals surface area (Å²) in [5, 5.41) is 7.22. The molecule has 2 aliphatic rings. The van der Waals surface area contributed by atoms with Crippen molar-refractivity contribution in [3.8, 4) is 0 Å². The van der Waals surface area contributed by atoms with E-state index in [1.54, 1.807) is 11.1 Å². The second-order valence-electron chi connectivity index (χ2n) is 9.16. The first-order chi connectivity index (χ1) is 16.0. The summed E-state index contributed by atoms with van der Waals surface area (Å²) in [4.78, 5) is 14.2. The molecule has 0 bridgehead atoms. The zero-order valence-electron chi connectivity index (χ0n) is 19.1. The molecule has 33 heavy (non-hydrogen) atoms. The Hall–Kier alpha value is -2.48. The minimum Gasteiger partial charge on any atom is -0.443 e. The lowest BCUT2D eigenvalue weighted by Gasteiger charge is -2.41.